The number of nitrogens with zero attached hydrogens (tertiary/aromatic N) is 4. The molecule has 1 fully saturated rings. The van der Waals surface area contributed by atoms with Crippen LogP contribution in [0.15, 0.2) is 60.9 Å². The van der Waals surface area contributed by atoms with Gasteiger partial charge in [-0.15, -0.1) is 0 Å². The average molecular weight is 1110 g/mol. The number of aliphatic hydroxyl groups is 2. The van der Waals surface area contributed by atoms with Gasteiger partial charge in [0.1, 0.15) is 48.3 Å². The van der Waals surface area contributed by atoms with E-state index in [4.69, 9.17) is 0 Å². The van der Waals surface area contributed by atoms with Gasteiger partial charge in [0.2, 0.25) is 47.3 Å². The molecule has 0 spiro atoms. The van der Waals surface area contributed by atoms with Gasteiger partial charge in [-0.3, -0.25) is 38.4 Å². The number of amides is 8. The van der Waals surface area contributed by atoms with Crippen LogP contribution in [0.25, 0.3) is 21.8 Å². The molecule has 20 nitrogen and oxygen atoms in total. The van der Waals surface area contributed by atoms with Crippen LogP contribution in [0, 0.1) is 11.8 Å². The second-order valence-electron chi connectivity index (χ2n) is 19.7. The van der Waals surface area contributed by atoms with Crippen molar-refractivity contribution in [3.63, 3.8) is 0 Å². The van der Waals surface area contributed by atoms with Gasteiger partial charge in [0.05, 0.1) is 18.5 Å². The van der Waals surface area contributed by atoms with Gasteiger partial charge < -0.3 is 61.0 Å². The van der Waals surface area contributed by atoms with Gasteiger partial charge >= 0.3 is 0 Å². The van der Waals surface area contributed by atoms with E-state index in [1.54, 1.807) is 32.5 Å². The number of carbonyl (C=O) groups is 8. The van der Waals surface area contributed by atoms with Crippen LogP contribution in [0.2, 0.25) is 0 Å². The fourth-order valence-electron chi connectivity index (χ4n) is 9.90. The number of aromatic nitrogens is 2. The van der Waals surface area contributed by atoms with Gasteiger partial charge in [0.25, 0.3) is 0 Å². The van der Waals surface area contributed by atoms with E-state index in [-0.39, 0.29) is 16.9 Å². The number of likely N-dealkylation sites (N-methyl/N-ethyl adjacent to an activating group) is 4. The molecule has 3 heterocycles. The predicted molar refractivity (Wildman–Crippen MR) is 300 cm³/mol. The largest absolute Gasteiger partial charge is 0.394 e. The third kappa shape index (κ3) is 13.3. The molecule has 0 radical (unpaired) electrons. The van der Waals surface area contributed by atoms with Crippen LogP contribution in [0.5, 0.6) is 0 Å². The van der Waals surface area contributed by atoms with E-state index in [2.05, 4.69) is 31.2 Å². The number of rotatable bonds is 13. The van der Waals surface area contributed by atoms with E-state index < -0.39 is 126 Å². The Balaban J connectivity index is 1.66. The quantitative estimate of drug-likeness (QED) is 0.0957. The molecule has 2 aromatic carbocycles. The highest BCUT2D eigenvalue weighted by molar-refractivity contribution is 7.99. The molecule has 76 heavy (non-hydrogen) atoms. The zero-order valence-corrected chi connectivity index (χ0v) is 48.0. The number of para-hydroxylation sites is 2. The SMILES string of the molecule is CSC(C)C(C)C1C(=O)NC(CO)C(=O)NC(C)C(=O)N(C)C(C(SC)c2c[nH]c3ccccc23)C(=O)N(C)C(C(C)C(C)SC)C(=O)NC(CO)C(=O)NC(C)C(=O)N(C)C(Cc2c[nH]c3ccccc23)C(=O)N1C. The topological polar surface area (TPSA) is 270 Å². The number of thioether (sulfide) groups is 3. The summed E-state index contributed by atoms with van der Waals surface area (Å²) in [6.07, 6.45) is 8.90. The number of benzene rings is 2. The van der Waals surface area contributed by atoms with Crippen molar-refractivity contribution in [1.82, 2.24) is 50.8 Å². The Bertz CT molecular complexity index is 2720. The van der Waals surface area contributed by atoms with Gasteiger partial charge in [-0.2, -0.15) is 35.3 Å². The second-order valence-corrected chi connectivity index (χ2v) is 23.1. The Morgan fingerprint density at radius 3 is 1.41 bits per heavy atom. The first-order valence-electron chi connectivity index (χ1n) is 25.2. The lowest BCUT2D eigenvalue weighted by molar-refractivity contribution is -0.151. The van der Waals surface area contributed by atoms with Crippen LogP contribution in [0.1, 0.15) is 57.9 Å². The number of aromatic amines is 2. The summed E-state index contributed by atoms with van der Waals surface area (Å²) in [6.45, 7) is 8.31. The molecule has 416 valence electrons. The monoisotopic (exact) mass is 1110 g/mol. The third-order valence-electron chi connectivity index (χ3n) is 15.1. The Kier molecular flexibility index (Phi) is 21.7. The lowest BCUT2D eigenvalue weighted by atomic mass is 9.94. The molecule has 8 amide bonds. The summed E-state index contributed by atoms with van der Waals surface area (Å²) in [6, 6.07) is 3.70. The van der Waals surface area contributed by atoms with E-state index in [1.165, 1.54) is 96.9 Å². The number of aliphatic hydroxyl groups excluding tert-OH is 2. The number of hydrogen-bond donors (Lipinski definition) is 8. The van der Waals surface area contributed by atoms with Crippen molar-refractivity contribution in [3.05, 3.63) is 72.1 Å². The molecule has 1 saturated heterocycles. The molecule has 5 rings (SSSR count). The zero-order chi connectivity index (χ0) is 56.5. The fourth-order valence-corrected chi connectivity index (χ4v) is 12.1. The number of H-pyrrole nitrogens is 2. The van der Waals surface area contributed by atoms with Crippen molar-refractivity contribution < 1.29 is 48.6 Å². The van der Waals surface area contributed by atoms with Gasteiger partial charge in [0.15, 0.2) is 0 Å². The number of fused-ring (bicyclic) bond motifs is 2. The molecule has 0 aliphatic carbocycles. The smallest absolute Gasteiger partial charge is 0.247 e. The highest BCUT2D eigenvalue weighted by Crippen LogP contribution is 2.39. The minimum Gasteiger partial charge on any atom is -0.394 e. The Morgan fingerprint density at radius 2 is 0.934 bits per heavy atom. The molecule has 23 heteroatoms. The maximum Gasteiger partial charge on any atom is 0.247 e. The molecule has 2 aromatic heterocycles. The van der Waals surface area contributed by atoms with Gasteiger partial charge in [-0.25, -0.2) is 0 Å². The van der Waals surface area contributed by atoms with Crippen LogP contribution in [0.3, 0.4) is 0 Å². The van der Waals surface area contributed by atoms with Gasteiger partial charge in [-0.05, 0) is 67.7 Å². The summed E-state index contributed by atoms with van der Waals surface area (Å²) in [7, 11) is 5.68. The summed E-state index contributed by atoms with van der Waals surface area (Å²) < 4.78 is 0. The van der Waals surface area contributed by atoms with E-state index in [9.17, 15) is 39.0 Å². The molecular formula is C53H76N10O10S3. The van der Waals surface area contributed by atoms with Crippen molar-refractivity contribution in [2.24, 2.45) is 11.8 Å². The lowest BCUT2D eigenvalue weighted by Crippen LogP contribution is -2.64. The highest BCUT2D eigenvalue weighted by atomic mass is 32.2. The number of hydrogen-bond acceptors (Lipinski definition) is 13. The predicted octanol–water partition coefficient (Wildman–Crippen LogP) is 2.36. The van der Waals surface area contributed by atoms with Crippen LogP contribution in [0.4, 0.5) is 0 Å². The molecule has 0 saturated carbocycles. The summed E-state index contributed by atoms with van der Waals surface area (Å²) in [5.74, 6) is -7.39. The fraction of sp³-hybridized carbons (Fsp3) is 0.547. The minimum absolute atomic E-state index is 0.0468. The maximum atomic E-state index is 15.5. The van der Waals surface area contributed by atoms with Gasteiger partial charge in [0, 0.05) is 79.3 Å². The minimum atomic E-state index is -1.62. The molecule has 1 aliphatic heterocycles. The van der Waals surface area contributed by atoms with Crippen LogP contribution >= 0.6 is 35.3 Å². The molecule has 13 atom stereocenters. The Morgan fingerprint density at radius 1 is 0.513 bits per heavy atom. The average Bonchev–Trinajstić information content (AvgIpc) is 4.04. The van der Waals surface area contributed by atoms with Crippen molar-refractivity contribution >= 4 is 104 Å². The van der Waals surface area contributed by atoms with Crippen LogP contribution in [-0.4, -0.2) is 206 Å². The summed E-state index contributed by atoms with van der Waals surface area (Å²) in [5, 5.41) is 32.2. The highest BCUT2D eigenvalue weighted by Gasteiger charge is 2.46. The van der Waals surface area contributed by atoms with Gasteiger partial charge in [-0.1, -0.05) is 64.1 Å². The summed E-state index contributed by atoms with van der Waals surface area (Å²) in [5.41, 5.74) is 2.89. The molecule has 1 aliphatic rings. The zero-order valence-electron chi connectivity index (χ0n) is 45.6. The maximum absolute atomic E-state index is 15.5. The van der Waals surface area contributed by atoms with E-state index in [0.29, 0.717) is 11.1 Å². The molecule has 13 unspecified atom stereocenters. The van der Waals surface area contributed by atoms with Crippen LogP contribution in [-0.2, 0) is 44.8 Å². The molecule has 4 aromatic rings. The van der Waals surface area contributed by atoms with Crippen molar-refractivity contribution in [2.75, 3.05) is 60.2 Å². The van der Waals surface area contributed by atoms with Crippen molar-refractivity contribution in [1.29, 1.82) is 0 Å². The second kappa shape index (κ2) is 27.0. The van der Waals surface area contributed by atoms with Crippen LogP contribution < -0.4 is 21.3 Å². The van der Waals surface area contributed by atoms with Crippen molar-refractivity contribution in [2.45, 2.75) is 112 Å². The van der Waals surface area contributed by atoms with E-state index in [1.807, 2.05) is 74.9 Å². The van der Waals surface area contributed by atoms with Crippen molar-refractivity contribution in [3.8, 4) is 0 Å². The summed E-state index contributed by atoms with van der Waals surface area (Å²) in [4.78, 5) is 129. The Labute approximate surface area is 457 Å². The number of nitrogens with one attached hydrogen (secondary N) is 6. The normalized spacial score (nSPS) is 25.9. The first-order chi connectivity index (χ1) is 36.0. The standard InChI is InChI=1S/C53H76N10O10S3/c1-27(31(5)74-11)42-48(68)58-40(26-65)47(67)57-30(4)51(71)63(10)44(45(76-13)36-24-55-38-21-17-15-19-35(36)38)53(73)62(9)43(28(2)32(6)75-12)49(69)59-39(25-64)46(66)56-29(3)50(70)60(7)41(52(72)61(42)8)22-33-23-54-37-20-16-14-18-34(33)37/h14-21,23-24,27-32,39-45,54-55,64-65H,22,25-26H2,1-13H3,(H,56,66)(H,57,67)(H,58,68)(H,59,69). The molecule has 0 bridgehead atoms. The van der Waals surface area contributed by atoms with E-state index in [0.717, 1.165) is 21.8 Å². The third-order valence-corrected chi connectivity index (χ3v) is 18.4. The molecular weight excluding hydrogens is 1030 g/mol. The molecule has 8 N–H and O–H groups in total. The summed E-state index contributed by atoms with van der Waals surface area (Å²) >= 11 is 4.16. The lowest BCUT2D eigenvalue weighted by Gasteiger charge is -2.41. The Hall–Kier alpha value is -5.75. The first-order valence-corrected chi connectivity index (χ1v) is 29.0. The van der Waals surface area contributed by atoms with E-state index >= 15 is 9.59 Å². The first kappa shape index (κ1) is 61.1. The number of carbonyl (C=O) groups excluding carboxylic acids is 8.